The molecule has 0 spiro atoms. The van der Waals surface area contributed by atoms with Crippen molar-refractivity contribution < 1.29 is 13.2 Å². The zero-order chi connectivity index (χ0) is 16.7. The first-order valence-electron chi connectivity index (χ1n) is 9.08. The van der Waals surface area contributed by atoms with Gasteiger partial charge in [-0.1, -0.05) is 26.2 Å². The summed E-state index contributed by atoms with van der Waals surface area (Å²) in [5.41, 5.74) is 0. The lowest BCUT2D eigenvalue weighted by Crippen LogP contribution is -2.50. The van der Waals surface area contributed by atoms with Gasteiger partial charge >= 0.3 is 0 Å². The largest absolute Gasteiger partial charge is 0.356 e. The maximum atomic E-state index is 12.8. The van der Waals surface area contributed by atoms with Crippen molar-refractivity contribution in [1.82, 2.24) is 13.9 Å². The number of unbranched alkanes of at least 4 members (excludes halogenated alkanes) is 1. The highest BCUT2D eigenvalue weighted by Gasteiger charge is 2.35. The van der Waals surface area contributed by atoms with Gasteiger partial charge in [-0.15, -0.1) is 0 Å². The molecular formula is C16H31N3O3S. The zero-order valence-corrected chi connectivity index (χ0v) is 15.1. The molecule has 2 fully saturated rings. The molecule has 1 atom stereocenters. The van der Waals surface area contributed by atoms with E-state index >= 15 is 0 Å². The number of carbonyl (C=O) groups excluding carboxylic acids is 1. The molecule has 134 valence electrons. The van der Waals surface area contributed by atoms with E-state index in [0.717, 1.165) is 51.4 Å². The molecule has 0 saturated carbocycles. The van der Waals surface area contributed by atoms with Gasteiger partial charge in [0.25, 0.3) is 10.2 Å². The molecule has 0 aromatic carbocycles. The summed E-state index contributed by atoms with van der Waals surface area (Å²) in [6.07, 6.45) is 7.64. The van der Waals surface area contributed by atoms with Crippen molar-refractivity contribution in [3.8, 4) is 0 Å². The Morgan fingerprint density at radius 1 is 1.04 bits per heavy atom. The molecule has 1 amide bonds. The minimum absolute atomic E-state index is 0.00853. The summed E-state index contributed by atoms with van der Waals surface area (Å²) in [4.78, 5) is 12.2. The van der Waals surface area contributed by atoms with Gasteiger partial charge in [0, 0.05) is 32.7 Å². The lowest BCUT2D eigenvalue weighted by molar-refractivity contribution is -0.126. The molecule has 2 saturated heterocycles. The molecule has 6 nitrogen and oxygen atoms in total. The first-order valence-corrected chi connectivity index (χ1v) is 10.5. The van der Waals surface area contributed by atoms with Crippen LogP contribution in [0, 0.1) is 5.92 Å². The standard InChI is InChI=1S/C16H31N3O3S/c1-2-3-10-17-16(20)15-9-8-13-19(14-15)23(21,22)18-11-6-4-5-7-12-18/h15H,2-14H2,1H3,(H,17,20)/t15-/m0/s1. The molecule has 0 bridgehead atoms. The number of piperidine rings is 1. The first kappa shape index (κ1) is 18.7. The molecule has 0 unspecified atom stereocenters. The summed E-state index contributed by atoms with van der Waals surface area (Å²) >= 11 is 0. The van der Waals surface area contributed by atoms with Crippen LogP contribution in [0.1, 0.15) is 58.3 Å². The van der Waals surface area contributed by atoms with Crippen LogP contribution in [0.3, 0.4) is 0 Å². The van der Waals surface area contributed by atoms with Crippen LogP contribution < -0.4 is 5.32 Å². The Labute approximate surface area is 140 Å². The summed E-state index contributed by atoms with van der Waals surface area (Å²) in [5.74, 6) is -0.198. The molecule has 2 aliphatic heterocycles. The Kier molecular flexibility index (Phi) is 7.30. The number of rotatable bonds is 6. The SMILES string of the molecule is CCCCNC(=O)[C@H]1CCCN(S(=O)(=O)N2CCCCCC2)C1. The minimum Gasteiger partial charge on any atom is -0.356 e. The number of nitrogens with zero attached hydrogens (tertiary/aromatic N) is 2. The van der Waals surface area contributed by atoms with E-state index in [2.05, 4.69) is 12.2 Å². The molecule has 0 aromatic heterocycles. The second-order valence-electron chi connectivity index (χ2n) is 6.66. The quantitative estimate of drug-likeness (QED) is 0.746. The van der Waals surface area contributed by atoms with Crippen molar-refractivity contribution >= 4 is 16.1 Å². The van der Waals surface area contributed by atoms with Gasteiger partial charge < -0.3 is 5.32 Å². The molecule has 0 aromatic rings. The predicted octanol–water partition coefficient (Wildman–Crippen LogP) is 1.74. The summed E-state index contributed by atoms with van der Waals surface area (Å²) < 4.78 is 28.8. The Balaban J connectivity index is 1.94. The third kappa shape index (κ3) is 5.16. The maximum Gasteiger partial charge on any atom is 0.281 e. The molecule has 0 radical (unpaired) electrons. The highest BCUT2D eigenvalue weighted by molar-refractivity contribution is 7.86. The van der Waals surface area contributed by atoms with Crippen LogP contribution in [-0.4, -0.2) is 55.7 Å². The number of nitrogens with one attached hydrogen (secondary N) is 1. The van der Waals surface area contributed by atoms with Gasteiger partial charge in [-0.05, 0) is 32.1 Å². The first-order chi connectivity index (χ1) is 11.1. The van der Waals surface area contributed by atoms with Gasteiger partial charge in [-0.25, -0.2) is 0 Å². The van der Waals surface area contributed by atoms with Gasteiger partial charge in [-0.2, -0.15) is 17.0 Å². The van der Waals surface area contributed by atoms with Gasteiger partial charge in [0.05, 0.1) is 5.92 Å². The average molecular weight is 346 g/mol. The van der Waals surface area contributed by atoms with Crippen LogP contribution in [0.15, 0.2) is 0 Å². The number of hydrogen-bond donors (Lipinski definition) is 1. The van der Waals surface area contributed by atoms with Crippen LogP contribution in [0.2, 0.25) is 0 Å². The Morgan fingerprint density at radius 2 is 1.70 bits per heavy atom. The van der Waals surface area contributed by atoms with E-state index in [1.807, 2.05) is 0 Å². The van der Waals surface area contributed by atoms with Crippen LogP contribution in [0.5, 0.6) is 0 Å². The van der Waals surface area contributed by atoms with Crippen LogP contribution in [-0.2, 0) is 15.0 Å². The monoisotopic (exact) mass is 345 g/mol. The third-order valence-corrected chi connectivity index (χ3v) is 6.80. The van der Waals surface area contributed by atoms with Crippen molar-refractivity contribution in [3.05, 3.63) is 0 Å². The van der Waals surface area contributed by atoms with Gasteiger partial charge in [-0.3, -0.25) is 4.79 Å². The van der Waals surface area contributed by atoms with Crippen LogP contribution in [0.4, 0.5) is 0 Å². The molecule has 2 rings (SSSR count). The Bertz CT molecular complexity index is 473. The predicted molar refractivity (Wildman–Crippen MR) is 91.2 cm³/mol. The zero-order valence-electron chi connectivity index (χ0n) is 14.3. The molecule has 2 heterocycles. The van der Waals surface area contributed by atoms with E-state index in [4.69, 9.17) is 0 Å². The summed E-state index contributed by atoms with van der Waals surface area (Å²) in [7, 11) is -3.41. The summed E-state index contributed by atoms with van der Waals surface area (Å²) in [5, 5.41) is 2.94. The van der Waals surface area contributed by atoms with Crippen LogP contribution >= 0.6 is 0 Å². The maximum absolute atomic E-state index is 12.8. The fourth-order valence-electron chi connectivity index (χ4n) is 3.33. The number of amides is 1. The topological polar surface area (TPSA) is 69.7 Å². The summed E-state index contributed by atoms with van der Waals surface area (Å²) in [6.45, 7) is 4.87. The van der Waals surface area contributed by atoms with Crippen molar-refractivity contribution in [2.75, 3.05) is 32.7 Å². The third-order valence-electron chi connectivity index (χ3n) is 4.80. The van der Waals surface area contributed by atoms with Gasteiger partial charge in [0.15, 0.2) is 0 Å². The lowest BCUT2D eigenvalue weighted by Gasteiger charge is -2.34. The fourth-order valence-corrected chi connectivity index (χ4v) is 5.11. The van der Waals surface area contributed by atoms with E-state index in [9.17, 15) is 13.2 Å². The second kappa shape index (κ2) is 8.99. The molecular weight excluding hydrogens is 314 g/mol. The van der Waals surface area contributed by atoms with E-state index < -0.39 is 10.2 Å². The van der Waals surface area contributed by atoms with E-state index in [0.29, 0.717) is 32.7 Å². The van der Waals surface area contributed by atoms with E-state index in [1.54, 1.807) is 4.31 Å². The molecule has 1 N–H and O–H groups in total. The van der Waals surface area contributed by atoms with Crippen LogP contribution in [0.25, 0.3) is 0 Å². The normalized spacial score (nSPS) is 25.0. The molecule has 23 heavy (non-hydrogen) atoms. The highest BCUT2D eigenvalue weighted by atomic mass is 32.2. The van der Waals surface area contributed by atoms with Crippen molar-refractivity contribution in [2.45, 2.75) is 58.3 Å². The van der Waals surface area contributed by atoms with E-state index in [1.165, 1.54) is 4.31 Å². The highest BCUT2D eigenvalue weighted by Crippen LogP contribution is 2.23. The van der Waals surface area contributed by atoms with Crippen molar-refractivity contribution in [3.63, 3.8) is 0 Å². The average Bonchev–Trinajstić information content (AvgIpc) is 2.85. The summed E-state index contributed by atoms with van der Waals surface area (Å²) in [6, 6.07) is 0. The van der Waals surface area contributed by atoms with E-state index in [-0.39, 0.29) is 11.8 Å². The molecule has 7 heteroatoms. The van der Waals surface area contributed by atoms with Gasteiger partial charge in [0.1, 0.15) is 0 Å². The van der Waals surface area contributed by atoms with Gasteiger partial charge in [0.2, 0.25) is 5.91 Å². The second-order valence-corrected chi connectivity index (χ2v) is 8.59. The number of carbonyl (C=O) groups is 1. The van der Waals surface area contributed by atoms with Crippen molar-refractivity contribution in [2.24, 2.45) is 5.92 Å². The number of hydrogen-bond acceptors (Lipinski definition) is 3. The fraction of sp³-hybridized carbons (Fsp3) is 0.938. The van der Waals surface area contributed by atoms with Crippen molar-refractivity contribution in [1.29, 1.82) is 0 Å². The molecule has 2 aliphatic rings. The molecule has 0 aliphatic carbocycles. The Hall–Kier alpha value is -0.660. The minimum atomic E-state index is -3.41. The lowest BCUT2D eigenvalue weighted by atomic mass is 9.99. The smallest absolute Gasteiger partial charge is 0.281 e. The Morgan fingerprint density at radius 3 is 2.35 bits per heavy atom.